The Bertz CT molecular complexity index is 558. The lowest BCUT2D eigenvalue weighted by Crippen LogP contribution is -2.25. The largest absolute Gasteiger partial charge is 0.467 e. The van der Waals surface area contributed by atoms with Crippen LogP contribution in [0, 0.1) is 0 Å². The third kappa shape index (κ3) is 5.24. The molecule has 0 bridgehead atoms. The SMILES string of the molecule is CSc1cc(C(=O)NCCCOCc2ccco2)ccn1. The highest BCUT2D eigenvalue weighted by Crippen LogP contribution is 2.12. The van der Waals surface area contributed by atoms with E-state index in [4.69, 9.17) is 9.15 Å². The molecule has 0 saturated carbocycles. The summed E-state index contributed by atoms with van der Waals surface area (Å²) in [6.07, 6.45) is 5.96. The lowest BCUT2D eigenvalue weighted by Gasteiger charge is -2.06. The van der Waals surface area contributed by atoms with Crippen molar-refractivity contribution < 1.29 is 13.9 Å². The van der Waals surface area contributed by atoms with Gasteiger partial charge in [0.05, 0.1) is 11.3 Å². The van der Waals surface area contributed by atoms with Crippen LogP contribution in [-0.2, 0) is 11.3 Å². The van der Waals surface area contributed by atoms with Gasteiger partial charge in [-0.15, -0.1) is 11.8 Å². The zero-order valence-corrected chi connectivity index (χ0v) is 12.7. The van der Waals surface area contributed by atoms with E-state index in [1.807, 2.05) is 18.4 Å². The highest BCUT2D eigenvalue weighted by molar-refractivity contribution is 7.98. The molecule has 0 radical (unpaired) electrons. The van der Waals surface area contributed by atoms with E-state index in [1.54, 1.807) is 24.6 Å². The molecule has 0 unspecified atom stereocenters. The minimum Gasteiger partial charge on any atom is -0.467 e. The maximum Gasteiger partial charge on any atom is 0.251 e. The average Bonchev–Trinajstić information content (AvgIpc) is 3.04. The zero-order chi connectivity index (χ0) is 14.9. The first-order valence-electron chi connectivity index (χ1n) is 6.68. The van der Waals surface area contributed by atoms with Crippen LogP contribution in [0.2, 0.25) is 0 Å². The quantitative estimate of drug-likeness (QED) is 0.600. The average molecular weight is 306 g/mol. The van der Waals surface area contributed by atoms with Gasteiger partial charge in [0, 0.05) is 24.9 Å². The van der Waals surface area contributed by atoms with Crippen molar-refractivity contribution in [3.63, 3.8) is 0 Å². The van der Waals surface area contributed by atoms with Crippen LogP contribution < -0.4 is 5.32 Å². The van der Waals surface area contributed by atoms with Crippen molar-refractivity contribution >= 4 is 17.7 Å². The van der Waals surface area contributed by atoms with Crippen LogP contribution in [0.3, 0.4) is 0 Å². The molecule has 2 aromatic heterocycles. The molecule has 1 N–H and O–H groups in total. The Morgan fingerprint density at radius 2 is 2.38 bits per heavy atom. The lowest BCUT2D eigenvalue weighted by atomic mass is 10.2. The highest BCUT2D eigenvalue weighted by atomic mass is 32.2. The van der Waals surface area contributed by atoms with Gasteiger partial charge < -0.3 is 14.5 Å². The predicted octanol–water partition coefficient (Wildman–Crippen LogP) is 2.73. The van der Waals surface area contributed by atoms with Crippen LogP contribution in [0.5, 0.6) is 0 Å². The first-order valence-corrected chi connectivity index (χ1v) is 7.90. The maximum absolute atomic E-state index is 11.9. The Morgan fingerprint density at radius 3 is 3.14 bits per heavy atom. The van der Waals surface area contributed by atoms with Crippen LogP contribution >= 0.6 is 11.8 Å². The number of amides is 1. The van der Waals surface area contributed by atoms with E-state index in [-0.39, 0.29) is 5.91 Å². The van der Waals surface area contributed by atoms with Crippen LogP contribution in [0.15, 0.2) is 46.2 Å². The number of ether oxygens (including phenoxy) is 1. The van der Waals surface area contributed by atoms with E-state index < -0.39 is 0 Å². The second-order valence-electron chi connectivity index (χ2n) is 4.33. The number of carbonyl (C=O) groups excluding carboxylic acids is 1. The normalized spacial score (nSPS) is 10.5. The summed E-state index contributed by atoms with van der Waals surface area (Å²) in [5.74, 6) is 0.721. The summed E-state index contributed by atoms with van der Waals surface area (Å²) in [6, 6.07) is 7.20. The van der Waals surface area contributed by atoms with E-state index >= 15 is 0 Å². The maximum atomic E-state index is 11.9. The van der Waals surface area contributed by atoms with Crippen LogP contribution in [0.4, 0.5) is 0 Å². The van der Waals surface area contributed by atoms with Crippen LogP contribution in [0.25, 0.3) is 0 Å². The molecule has 0 fully saturated rings. The number of aromatic nitrogens is 1. The Labute approximate surface area is 128 Å². The molecule has 2 aromatic rings. The highest BCUT2D eigenvalue weighted by Gasteiger charge is 2.05. The van der Waals surface area contributed by atoms with Crippen molar-refractivity contribution in [3.8, 4) is 0 Å². The van der Waals surface area contributed by atoms with Gasteiger partial charge in [-0.25, -0.2) is 4.98 Å². The van der Waals surface area contributed by atoms with E-state index in [9.17, 15) is 4.79 Å². The minimum atomic E-state index is -0.0845. The monoisotopic (exact) mass is 306 g/mol. The van der Waals surface area contributed by atoms with E-state index in [0.717, 1.165) is 17.2 Å². The van der Waals surface area contributed by atoms with Crippen molar-refractivity contribution in [2.45, 2.75) is 18.1 Å². The second-order valence-corrected chi connectivity index (χ2v) is 5.15. The summed E-state index contributed by atoms with van der Waals surface area (Å²) in [5, 5.41) is 3.70. The van der Waals surface area contributed by atoms with Crippen LogP contribution in [-0.4, -0.2) is 30.3 Å². The van der Waals surface area contributed by atoms with Gasteiger partial charge in [-0.1, -0.05) is 0 Å². The lowest BCUT2D eigenvalue weighted by molar-refractivity contribution is 0.0916. The van der Waals surface area contributed by atoms with Gasteiger partial charge in [0.1, 0.15) is 12.4 Å². The molecular weight excluding hydrogens is 288 g/mol. The van der Waals surface area contributed by atoms with E-state index in [2.05, 4.69) is 10.3 Å². The fraction of sp³-hybridized carbons (Fsp3) is 0.333. The number of hydrogen-bond acceptors (Lipinski definition) is 5. The number of nitrogens with zero attached hydrogens (tertiary/aromatic N) is 1. The fourth-order valence-electron chi connectivity index (χ4n) is 1.71. The first kappa shape index (κ1) is 15.6. The molecule has 0 aliphatic rings. The van der Waals surface area contributed by atoms with Gasteiger partial charge in [-0.2, -0.15) is 0 Å². The molecule has 2 rings (SSSR count). The zero-order valence-electron chi connectivity index (χ0n) is 11.9. The number of thioether (sulfide) groups is 1. The Hall–Kier alpha value is -1.79. The molecular formula is C15H18N2O3S. The number of pyridine rings is 1. The van der Waals surface area contributed by atoms with E-state index in [0.29, 0.717) is 25.3 Å². The molecule has 21 heavy (non-hydrogen) atoms. The molecule has 6 heteroatoms. The molecule has 5 nitrogen and oxygen atoms in total. The molecule has 0 aromatic carbocycles. The Morgan fingerprint density at radius 1 is 1.48 bits per heavy atom. The molecule has 0 aliphatic heterocycles. The first-order chi connectivity index (χ1) is 10.3. The standard InChI is InChI=1S/C15H18N2O3S/c1-21-14-10-12(5-7-16-14)15(18)17-6-3-8-19-11-13-4-2-9-20-13/h2,4-5,7,9-10H,3,6,8,11H2,1H3,(H,17,18). The van der Waals surface area contributed by atoms with Crippen molar-refractivity contribution in [2.24, 2.45) is 0 Å². The van der Waals surface area contributed by atoms with Gasteiger partial charge in [0.2, 0.25) is 0 Å². The second kappa shape index (κ2) is 8.49. The van der Waals surface area contributed by atoms with Gasteiger partial charge in [-0.05, 0) is 36.9 Å². The molecule has 2 heterocycles. The smallest absolute Gasteiger partial charge is 0.251 e. The fourth-order valence-corrected chi connectivity index (χ4v) is 2.12. The summed E-state index contributed by atoms with van der Waals surface area (Å²) >= 11 is 1.51. The molecule has 0 atom stereocenters. The summed E-state index contributed by atoms with van der Waals surface area (Å²) in [5.41, 5.74) is 0.630. The predicted molar refractivity (Wildman–Crippen MR) is 81.3 cm³/mol. The summed E-state index contributed by atoms with van der Waals surface area (Å²) in [7, 11) is 0. The van der Waals surface area contributed by atoms with Crippen molar-refractivity contribution in [3.05, 3.63) is 48.0 Å². The molecule has 0 saturated heterocycles. The number of hydrogen-bond donors (Lipinski definition) is 1. The van der Waals surface area contributed by atoms with Gasteiger partial charge >= 0.3 is 0 Å². The van der Waals surface area contributed by atoms with Gasteiger partial charge in [0.15, 0.2) is 0 Å². The summed E-state index contributed by atoms with van der Waals surface area (Å²) in [6.45, 7) is 1.61. The number of nitrogens with one attached hydrogen (secondary N) is 1. The van der Waals surface area contributed by atoms with Gasteiger partial charge in [0.25, 0.3) is 5.91 Å². The topological polar surface area (TPSA) is 64.4 Å². The van der Waals surface area contributed by atoms with Crippen LogP contribution in [0.1, 0.15) is 22.5 Å². The summed E-state index contributed by atoms with van der Waals surface area (Å²) < 4.78 is 10.6. The summed E-state index contributed by atoms with van der Waals surface area (Å²) in [4.78, 5) is 16.1. The molecule has 0 spiro atoms. The molecule has 112 valence electrons. The Kier molecular flexibility index (Phi) is 6.30. The number of carbonyl (C=O) groups is 1. The van der Waals surface area contributed by atoms with Gasteiger partial charge in [-0.3, -0.25) is 4.79 Å². The minimum absolute atomic E-state index is 0.0845. The third-order valence-corrected chi connectivity index (χ3v) is 3.42. The molecule has 1 amide bonds. The third-order valence-electron chi connectivity index (χ3n) is 2.78. The number of furan rings is 1. The van der Waals surface area contributed by atoms with Crippen molar-refractivity contribution in [1.29, 1.82) is 0 Å². The Balaban J connectivity index is 1.62. The number of rotatable bonds is 8. The van der Waals surface area contributed by atoms with E-state index in [1.165, 1.54) is 11.8 Å². The van der Waals surface area contributed by atoms with Crippen molar-refractivity contribution in [1.82, 2.24) is 10.3 Å². The molecule has 0 aliphatic carbocycles. The van der Waals surface area contributed by atoms with Crippen molar-refractivity contribution in [2.75, 3.05) is 19.4 Å².